The molecule has 0 bridgehead atoms. The van der Waals surface area contributed by atoms with Crippen LogP contribution in [0.15, 0.2) is 35.1 Å². The lowest BCUT2D eigenvalue weighted by Crippen LogP contribution is -2.31. The minimum Gasteiger partial charge on any atom is -0.360 e. The fourth-order valence-corrected chi connectivity index (χ4v) is 3.10. The fraction of sp³-hybridized carbons (Fsp3) is 0.278. The standard InChI is InChI=1S/C18H17FN4O/c1-11-12(2)20-10-21-18(11)23-8-7-16-14(9-23)17(22-24-16)13-5-3-4-6-15(13)19/h3-6,10H,7-9H2,1-2H3. The molecule has 3 aromatic rings. The summed E-state index contributed by atoms with van der Waals surface area (Å²) < 4.78 is 19.6. The molecule has 122 valence electrons. The van der Waals surface area contributed by atoms with E-state index in [9.17, 15) is 4.39 Å². The Labute approximate surface area is 139 Å². The van der Waals surface area contributed by atoms with Crippen molar-refractivity contribution in [3.05, 3.63) is 59.0 Å². The van der Waals surface area contributed by atoms with Gasteiger partial charge in [-0.25, -0.2) is 14.4 Å². The highest BCUT2D eigenvalue weighted by atomic mass is 19.1. The molecule has 1 aromatic carbocycles. The lowest BCUT2D eigenvalue weighted by molar-refractivity contribution is 0.378. The van der Waals surface area contributed by atoms with Crippen molar-refractivity contribution in [2.75, 3.05) is 11.4 Å². The first-order chi connectivity index (χ1) is 11.6. The van der Waals surface area contributed by atoms with Crippen molar-refractivity contribution in [2.24, 2.45) is 0 Å². The maximum Gasteiger partial charge on any atom is 0.144 e. The van der Waals surface area contributed by atoms with Gasteiger partial charge < -0.3 is 9.42 Å². The van der Waals surface area contributed by atoms with E-state index in [2.05, 4.69) is 20.0 Å². The normalized spacial score (nSPS) is 13.9. The number of hydrogen-bond acceptors (Lipinski definition) is 5. The molecule has 1 aliphatic heterocycles. The van der Waals surface area contributed by atoms with Crippen LogP contribution in [-0.2, 0) is 13.0 Å². The number of hydrogen-bond donors (Lipinski definition) is 0. The van der Waals surface area contributed by atoms with Crippen LogP contribution in [0.2, 0.25) is 0 Å². The first kappa shape index (κ1) is 14.8. The summed E-state index contributed by atoms with van der Waals surface area (Å²) >= 11 is 0. The summed E-state index contributed by atoms with van der Waals surface area (Å²) in [6.45, 7) is 5.38. The van der Waals surface area contributed by atoms with Crippen LogP contribution in [0.4, 0.5) is 10.2 Å². The topological polar surface area (TPSA) is 55.1 Å². The number of nitrogens with zero attached hydrogens (tertiary/aromatic N) is 4. The minimum atomic E-state index is -0.292. The second-order valence-electron chi connectivity index (χ2n) is 5.99. The van der Waals surface area contributed by atoms with Gasteiger partial charge in [0.25, 0.3) is 0 Å². The second kappa shape index (κ2) is 5.70. The van der Waals surface area contributed by atoms with Crippen LogP contribution in [-0.4, -0.2) is 21.7 Å². The van der Waals surface area contributed by atoms with Gasteiger partial charge in [0.2, 0.25) is 0 Å². The monoisotopic (exact) mass is 324 g/mol. The van der Waals surface area contributed by atoms with E-state index < -0.39 is 0 Å². The Morgan fingerprint density at radius 2 is 2.00 bits per heavy atom. The van der Waals surface area contributed by atoms with Crippen molar-refractivity contribution >= 4 is 5.82 Å². The molecule has 0 saturated carbocycles. The van der Waals surface area contributed by atoms with E-state index in [1.165, 1.54) is 6.07 Å². The van der Waals surface area contributed by atoms with Crippen molar-refractivity contribution in [2.45, 2.75) is 26.8 Å². The largest absolute Gasteiger partial charge is 0.360 e. The number of benzene rings is 1. The molecule has 0 fully saturated rings. The van der Waals surface area contributed by atoms with Gasteiger partial charge in [-0.05, 0) is 26.0 Å². The molecule has 0 aliphatic carbocycles. The van der Waals surface area contributed by atoms with Crippen LogP contribution in [0.5, 0.6) is 0 Å². The Balaban J connectivity index is 1.74. The summed E-state index contributed by atoms with van der Waals surface area (Å²) in [7, 11) is 0. The molecule has 24 heavy (non-hydrogen) atoms. The Hall–Kier alpha value is -2.76. The van der Waals surface area contributed by atoms with Gasteiger partial charge in [-0.2, -0.15) is 0 Å². The van der Waals surface area contributed by atoms with Gasteiger partial charge in [0.15, 0.2) is 0 Å². The minimum absolute atomic E-state index is 0.292. The molecular weight excluding hydrogens is 307 g/mol. The van der Waals surface area contributed by atoms with Gasteiger partial charge in [0.1, 0.15) is 29.4 Å². The molecular formula is C18H17FN4O. The van der Waals surface area contributed by atoms with Gasteiger partial charge in [-0.15, -0.1) is 0 Å². The lowest BCUT2D eigenvalue weighted by atomic mass is 10.0. The molecule has 0 N–H and O–H groups in total. The van der Waals surface area contributed by atoms with Crippen molar-refractivity contribution < 1.29 is 8.91 Å². The quantitative estimate of drug-likeness (QED) is 0.722. The zero-order chi connectivity index (χ0) is 16.7. The van der Waals surface area contributed by atoms with Crippen LogP contribution >= 0.6 is 0 Å². The molecule has 6 heteroatoms. The molecule has 0 radical (unpaired) electrons. The SMILES string of the molecule is Cc1ncnc(N2CCc3onc(-c4ccccc4F)c3C2)c1C. The number of halogens is 1. The fourth-order valence-electron chi connectivity index (χ4n) is 3.10. The Kier molecular flexibility index (Phi) is 3.52. The maximum absolute atomic E-state index is 14.1. The van der Waals surface area contributed by atoms with Crippen LogP contribution in [0, 0.1) is 19.7 Å². The molecule has 2 aromatic heterocycles. The number of aromatic nitrogens is 3. The summed E-state index contributed by atoms with van der Waals surface area (Å²) in [5.74, 6) is 1.45. The first-order valence-corrected chi connectivity index (χ1v) is 7.90. The molecule has 0 amide bonds. The number of fused-ring (bicyclic) bond motifs is 1. The molecule has 0 unspecified atom stereocenters. The third-order valence-corrected chi connectivity index (χ3v) is 4.57. The molecule has 0 saturated heterocycles. The van der Waals surface area contributed by atoms with Gasteiger partial charge in [0, 0.05) is 35.3 Å². The van der Waals surface area contributed by atoms with Crippen LogP contribution in [0.3, 0.4) is 0 Å². The van der Waals surface area contributed by atoms with E-state index in [1.807, 2.05) is 13.8 Å². The van der Waals surface area contributed by atoms with E-state index in [0.29, 0.717) is 17.8 Å². The highest BCUT2D eigenvalue weighted by Crippen LogP contribution is 2.33. The zero-order valence-electron chi connectivity index (χ0n) is 13.6. The molecule has 1 aliphatic rings. The van der Waals surface area contributed by atoms with Crippen molar-refractivity contribution in [1.82, 2.24) is 15.1 Å². The Morgan fingerprint density at radius 1 is 1.17 bits per heavy atom. The van der Waals surface area contributed by atoms with Crippen LogP contribution < -0.4 is 4.90 Å². The van der Waals surface area contributed by atoms with Crippen molar-refractivity contribution in [3.63, 3.8) is 0 Å². The Morgan fingerprint density at radius 3 is 2.83 bits per heavy atom. The summed E-state index contributed by atoms with van der Waals surface area (Å²) in [4.78, 5) is 10.8. The summed E-state index contributed by atoms with van der Waals surface area (Å²) in [6.07, 6.45) is 2.30. The predicted octanol–water partition coefficient (Wildman–Crippen LogP) is 3.45. The van der Waals surface area contributed by atoms with Gasteiger partial charge >= 0.3 is 0 Å². The smallest absolute Gasteiger partial charge is 0.144 e. The number of aryl methyl sites for hydroxylation is 1. The second-order valence-corrected chi connectivity index (χ2v) is 5.99. The third-order valence-electron chi connectivity index (χ3n) is 4.57. The summed E-state index contributed by atoms with van der Waals surface area (Å²) in [5, 5.41) is 4.12. The molecule has 5 nitrogen and oxygen atoms in total. The van der Waals surface area contributed by atoms with Gasteiger partial charge in [-0.3, -0.25) is 0 Å². The van der Waals surface area contributed by atoms with Gasteiger partial charge in [0.05, 0.1) is 6.54 Å². The van der Waals surface area contributed by atoms with Crippen molar-refractivity contribution in [3.8, 4) is 11.3 Å². The average Bonchev–Trinajstić information content (AvgIpc) is 3.01. The maximum atomic E-state index is 14.1. The highest BCUT2D eigenvalue weighted by Gasteiger charge is 2.27. The highest BCUT2D eigenvalue weighted by molar-refractivity contribution is 5.65. The lowest BCUT2D eigenvalue weighted by Gasteiger charge is -2.28. The third kappa shape index (κ3) is 2.35. The molecule has 4 rings (SSSR count). The molecule has 3 heterocycles. The predicted molar refractivity (Wildman–Crippen MR) is 88.2 cm³/mol. The van der Waals surface area contributed by atoms with E-state index in [4.69, 9.17) is 4.52 Å². The van der Waals surface area contributed by atoms with E-state index in [-0.39, 0.29) is 5.82 Å². The summed E-state index contributed by atoms with van der Waals surface area (Å²) in [6, 6.07) is 6.64. The first-order valence-electron chi connectivity index (χ1n) is 7.90. The summed E-state index contributed by atoms with van der Waals surface area (Å²) in [5.41, 5.74) is 4.01. The van der Waals surface area contributed by atoms with E-state index in [0.717, 1.165) is 41.4 Å². The number of anilines is 1. The van der Waals surface area contributed by atoms with E-state index >= 15 is 0 Å². The molecule has 0 atom stereocenters. The van der Waals surface area contributed by atoms with Crippen molar-refractivity contribution in [1.29, 1.82) is 0 Å². The van der Waals surface area contributed by atoms with E-state index in [1.54, 1.807) is 24.5 Å². The number of rotatable bonds is 2. The Bertz CT molecular complexity index is 906. The molecule has 0 spiro atoms. The van der Waals surface area contributed by atoms with Crippen LogP contribution in [0.25, 0.3) is 11.3 Å². The van der Waals surface area contributed by atoms with Crippen LogP contribution in [0.1, 0.15) is 22.6 Å². The van der Waals surface area contributed by atoms with Gasteiger partial charge in [-0.1, -0.05) is 17.3 Å². The average molecular weight is 324 g/mol. The zero-order valence-corrected chi connectivity index (χ0v) is 13.6.